The number of methoxy groups -OCH3 is 2. The second-order valence-corrected chi connectivity index (χ2v) is 11.1. The molecule has 3 amide bonds. The first-order chi connectivity index (χ1) is 21.2. The van der Waals surface area contributed by atoms with Crippen LogP contribution in [-0.4, -0.2) is 37.2 Å². The summed E-state index contributed by atoms with van der Waals surface area (Å²) < 4.78 is 25.1. The van der Waals surface area contributed by atoms with Gasteiger partial charge in [0.1, 0.15) is 23.0 Å². The summed E-state index contributed by atoms with van der Waals surface area (Å²) in [7, 11) is 3.05. The Morgan fingerprint density at radius 1 is 0.886 bits per heavy atom. The Labute approximate surface area is 263 Å². The van der Waals surface area contributed by atoms with Crippen LogP contribution in [0, 0.1) is 5.82 Å². The summed E-state index contributed by atoms with van der Waals surface area (Å²) in [6.45, 7) is 1.77. The molecule has 1 atom stereocenters. The smallest absolute Gasteiger partial charge is 0.272 e. The van der Waals surface area contributed by atoms with Gasteiger partial charge in [0.2, 0.25) is 5.91 Å². The molecular formula is C33H29ClFN3O5S. The van der Waals surface area contributed by atoms with E-state index in [0.29, 0.717) is 28.4 Å². The number of anilines is 2. The third kappa shape index (κ3) is 8.40. The highest BCUT2D eigenvalue weighted by Crippen LogP contribution is 2.31. The van der Waals surface area contributed by atoms with Gasteiger partial charge in [-0.05, 0) is 73.7 Å². The molecule has 11 heteroatoms. The molecule has 0 heterocycles. The molecule has 44 heavy (non-hydrogen) atoms. The van der Waals surface area contributed by atoms with Gasteiger partial charge in [-0.15, -0.1) is 11.8 Å². The predicted octanol–water partition coefficient (Wildman–Crippen LogP) is 7.03. The molecule has 4 aromatic rings. The molecule has 0 aliphatic carbocycles. The van der Waals surface area contributed by atoms with Gasteiger partial charge in [0.25, 0.3) is 11.8 Å². The number of ether oxygens (including phenoxy) is 2. The molecule has 3 N–H and O–H groups in total. The molecule has 0 fully saturated rings. The zero-order valence-corrected chi connectivity index (χ0v) is 25.6. The monoisotopic (exact) mass is 633 g/mol. The van der Waals surface area contributed by atoms with Gasteiger partial charge >= 0.3 is 0 Å². The number of rotatable bonds is 11. The van der Waals surface area contributed by atoms with E-state index in [9.17, 15) is 18.8 Å². The summed E-state index contributed by atoms with van der Waals surface area (Å²) in [5.74, 6) is -1.04. The van der Waals surface area contributed by atoms with E-state index >= 15 is 0 Å². The summed E-state index contributed by atoms with van der Waals surface area (Å²) in [5.41, 5.74) is 1.00. The van der Waals surface area contributed by atoms with Gasteiger partial charge in [0, 0.05) is 27.8 Å². The third-order valence-corrected chi connectivity index (χ3v) is 7.72. The Hall–Kier alpha value is -4.80. The summed E-state index contributed by atoms with van der Waals surface area (Å²) in [6, 6.07) is 24.4. The summed E-state index contributed by atoms with van der Waals surface area (Å²) in [5, 5.41) is 7.76. The van der Waals surface area contributed by atoms with Crippen molar-refractivity contribution in [2.24, 2.45) is 0 Å². The van der Waals surface area contributed by atoms with Crippen molar-refractivity contribution >= 4 is 58.5 Å². The quantitative estimate of drug-likeness (QED) is 0.121. The van der Waals surface area contributed by atoms with Crippen LogP contribution in [-0.2, 0) is 9.59 Å². The number of hydrogen-bond donors (Lipinski definition) is 3. The van der Waals surface area contributed by atoms with Crippen LogP contribution >= 0.6 is 23.4 Å². The van der Waals surface area contributed by atoms with Gasteiger partial charge in [-0.3, -0.25) is 14.4 Å². The molecule has 0 radical (unpaired) electrons. The fraction of sp³-hybridized carbons (Fsp3) is 0.121. The molecular weight excluding hydrogens is 605 g/mol. The largest absolute Gasteiger partial charge is 0.497 e. The number of thioether (sulfide) groups is 1. The summed E-state index contributed by atoms with van der Waals surface area (Å²) >= 11 is 7.50. The SMILES string of the molecule is COc1ccc(NC(=O)C(C)Sc2ccc(NC(=O)/C(=C/c3c(F)cccc3Cl)NC(=O)c3ccccc3)cc2)c(OC)c1. The van der Waals surface area contributed by atoms with Crippen LogP contribution in [0.5, 0.6) is 11.5 Å². The van der Waals surface area contributed by atoms with Gasteiger partial charge < -0.3 is 25.4 Å². The lowest BCUT2D eigenvalue weighted by Crippen LogP contribution is -2.30. The molecule has 0 spiro atoms. The van der Waals surface area contributed by atoms with Gasteiger partial charge in [-0.1, -0.05) is 35.9 Å². The fourth-order valence-electron chi connectivity index (χ4n) is 3.94. The van der Waals surface area contributed by atoms with E-state index in [2.05, 4.69) is 16.0 Å². The average Bonchev–Trinajstić information content (AvgIpc) is 3.03. The zero-order valence-electron chi connectivity index (χ0n) is 24.0. The van der Waals surface area contributed by atoms with Gasteiger partial charge in [0.05, 0.1) is 30.2 Å². The van der Waals surface area contributed by atoms with Crippen molar-refractivity contribution in [2.75, 3.05) is 24.9 Å². The highest BCUT2D eigenvalue weighted by Gasteiger charge is 2.19. The minimum absolute atomic E-state index is 0.0426. The van der Waals surface area contributed by atoms with E-state index in [1.165, 1.54) is 43.1 Å². The Morgan fingerprint density at radius 3 is 2.27 bits per heavy atom. The molecule has 0 saturated heterocycles. The Balaban J connectivity index is 1.45. The minimum Gasteiger partial charge on any atom is -0.497 e. The maximum absolute atomic E-state index is 14.5. The van der Waals surface area contributed by atoms with Crippen molar-refractivity contribution < 1.29 is 28.2 Å². The van der Waals surface area contributed by atoms with Crippen LogP contribution in [0.15, 0.2) is 102 Å². The van der Waals surface area contributed by atoms with Crippen LogP contribution in [0.2, 0.25) is 5.02 Å². The first kappa shape index (κ1) is 32.1. The van der Waals surface area contributed by atoms with Crippen molar-refractivity contribution in [1.82, 2.24) is 5.32 Å². The molecule has 0 aromatic heterocycles. The van der Waals surface area contributed by atoms with Gasteiger partial charge in [-0.25, -0.2) is 4.39 Å². The number of amides is 3. The molecule has 226 valence electrons. The van der Waals surface area contributed by atoms with E-state index in [4.69, 9.17) is 21.1 Å². The lowest BCUT2D eigenvalue weighted by Gasteiger charge is -2.15. The third-order valence-electron chi connectivity index (χ3n) is 6.28. The standard InChI is InChI=1S/C33H29ClFN3O5S/c1-20(31(39)37-28-17-14-23(42-2)18-30(28)43-3)44-24-15-12-22(13-16-24)36-33(41)29(19-25-26(34)10-7-11-27(25)35)38-32(40)21-8-5-4-6-9-21/h4-20H,1-3H3,(H,36,41)(H,37,39)(H,38,40)/b29-19-. The van der Waals surface area contributed by atoms with Gasteiger partial charge in [0.15, 0.2) is 0 Å². The first-order valence-corrected chi connectivity index (χ1v) is 14.6. The normalized spacial score (nSPS) is 11.7. The summed E-state index contributed by atoms with van der Waals surface area (Å²) in [4.78, 5) is 39.8. The Morgan fingerprint density at radius 2 is 1.61 bits per heavy atom. The fourth-order valence-corrected chi connectivity index (χ4v) is 5.03. The first-order valence-electron chi connectivity index (χ1n) is 13.3. The van der Waals surface area contributed by atoms with E-state index < -0.39 is 22.9 Å². The lowest BCUT2D eigenvalue weighted by molar-refractivity contribution is -0.115. The molecule has 4 rings (SSSR count). The number of hydrogen-bond acceptors (Lipinski definition) is 6. The highest BCUT2D eigenvalue weighted by molar-refractivity contribution is 8.00. The second-order valence-electron chi connectivity index (χ2n) is 9.31. The number of benzene rings is 4. The van der Waals surface area contributed by atoms with Gasteiger partial charge in [-0.2, -0.15) is 0 Å². The van der Waals surface area contributed by atoms with Crippen molar-refractivity contribution in [3.05, 3.63) is 119 Å². The number of carbonyl (C=O) groups is 3. The van der Waals surface area contributed by atoms with Crippen LogP contribution < -0.4 is 25.4 Å². The molecule has 4 aromatic carbocycles. The van der Waals surface area contributed by atoms with E-state index in [-0.39, 0.29) is 22.2 Å². The molecule has 0 saturated carbocycles. The Bertz CT molecular complexity index is 1660. The Kier molecular flexibility index (Phi) is 11.0. The minimum atomic E-state index is -0.685. The molecule has 0 bridgehead atoms. The number of halogens is 2. The van der Waals surface area contributed by atoms with E-state index in [0.717, 1.165) is 4.90 Å². The molecule has 1 unspecified atom stereocenters. The van der Waals surface area contributed by atoms with Crippen molar-refractivity contribution in [3.63, 3.8) is 0 Å². The lowest BCUT2D eigenvalue weighted by atomic mass is 10.1. The van der Waals surface area contributed by atoms with Crippen molar-refractivity contribution in [2.45, 2.75) is 17.1 Å². The maximum Gasteiger partial charge on any atom is 0.272 e. The van der Waals surface area contributed by atoms with Crippen LogP contribution in [0.1, 0.15) is 22.8 Å². The molecule has 0 aliphatic rings. The van der Waals surface area contributed by atoms with E-state index in [1.807, 2.05) is 0 Å². The topological polar surface area (TPSA) is 106 Å². The number of nitrogens with one attached hydrogen (secondary N) is 3. The maximum atomic E-state index is 14.5. The number of carbonyl (C=O) groups excluding carboxylic acids is 3. The predicted molar refractivity (Wildman–Crippen MR) is 172 cm³/mol. The average molecular weight is 634 g/mol. The van der Waals surface area contributed by atoms with Crippen LogP contribution in [0.4, 0.5) is 15.8 Å². The highest BCUT2D eigenvalue weighted by atomic mass is 35.5. The van der Waals surface area contributed by atoms with E-state index in [1.54, 1.807) is 86.8 Å². The molecule has 8 nitrogen and oxygen atoms in total. The van der Waals surface area contributed by atoms with Crippen LogP contribution in [0.3, 0.4) is 0 Å². The summed E-state index contributed by atoms with van der Waals surface area (Å²) in [6.07, 6.45) is 1.19. The van der Waals surface area contributed by atoms with Crippen molar-refractivity contribution in [3.8, 4) is 11.5 Å². The second kappa shape index (κ2) is 15.1. The van der Waals surface area contributed by atoms with Crippen molar-refractivity contribution in [1.29, 1.82) is 0 Å². The molecule has 0 aliphatic heterocycles. The zero-order chi connectivity index (χ0) is 31.6. The van der Waals surface area contributed by atoms with Crippen LogP contribution in [0.25, 0.3) is 6.08 Å².